The van der Waals surface area contributed by atoms with Crippen LogP contribution in [0.2, 0.25) is 0 Å². The molecular formula is C6H6N4. The number of nitrogens with one attached hydrogen (secondary N) is 1. The van der Waals surface area contributed by atoms with Crippen LogP contribution in [0.5, 0.6) is 0 Å². The van der Waals surface area contributed by atoms with Gasteiger partial charge in [0.05, 0.1) is 11.8 Å². The van der Waals surface area contributed by atoms with Gasteiger partial charge in [-0.1, -0.05) is 0 Å². The average Bonchev–Trinajstić information content (AvgIpc) is 2.31. The van der Waals surface area contributed by atoms with Gasteiger partial charge in [-0.2, -0.15) is 10.4 Å². The number of hydrogen-bond donors (Lipinski definition) is 2. The molecule has 0 spiro atoms. The molecule has 0 fully saturated rings. The molecule has 0 aliphatic carbocycles. The van der Waals surface area contributed by atoms with Crippen molar-refractivity contribution in [2.45, 2.75) is 0 Å². The van der Waals surface area contributed by atoms with Gasteiger partial charge >= 0.3 is 0 Å². The van der Waals surface area contributed by atoms with Crippen LogP contribution in [0, 0.1) is 11.3 Å². The third kappa shape index (κ3) is 1.36. The number of nitrogens with two attached hydrogens (primary N) is 1. The maximum atomic E-state index is 8.13. The van der Waals surface area contributed by atoms with Crippen LogP contribution in [0.1, 0.15) is 5.69 Å². The molecule has 0 radical (unpaired) electrons. The molecule has 0 atom stereocenters. The predicted octanol–water partition coefficient (Wildman–Crippen LogP) is 0.529. The van der Waals surface area contributed by atoms with E-state index in [2.05, 4.69) is 10.2 Å². The number of anilines is 1. The molecule has 50 valence electrons. The van der Waals surface area contributed by atoms with Gasteiger partial charge < -0.3 is 5.73 Å². The van der Waals surface area contributed by atoms with Crippen molar-refractivity contribution in [3.63, 3.8) is 0 Å². The molecule has 0 saturated heterocycles. The molecule has 10 heavy (non-hydrogen) atoms. The Bertz CT molecular complexity index is 278. The topological polar surface area (TPSA) is 78.5 Å². The number of H-pyrrole nitrogens is 1. The molecule has 4 heteroatoms. The van der Waals surface area contributed by atoms with Gasteiger partial charge in [-0.05, 0) is 6.08 Å². The Morgan fingerprint density at radius 1 is 1.80 bits per heavy atom. The number of nitrogen functional groups attached to an aromatic ring is 1. The second-order valence-corrected chi connectivity index (χ2v) is 1.71. The Labute approximate surface area is 58.0 Å². The van der Waals surface area contributed by atoms with Crippen molar-refractivity contribution >= 4 is 11.9 Å². The number of rotatable bonds is 1. The van der Waals surface area contributed by atoms with Crippen molar-refractivity contribution in [3.05, 3.63) is 17.8 Å². The smallest absolute Gasteiger partial charge is 0.145 e. The standard InChI is InChI=1S/C6H6N4/c7-3-1-2-5-4-6(8)10-9-5/h1-2,4H,(H3,8,9,10). The van der Waals surface area contributed by atoms with E-state index in [0.29, 0.717) is 5.82 Å². The van der Waals surface area contributed by atoms with E-state index in [1.54, 1.807) is 12.1 Å². The maximum Gasteiger partial charge on any atom is 0.145 e. The van der Waals surface area contributed by atoms with Crippen LogP contribution in [-0.2, 0) is 0 Å². The Morgan fingerprint density at radius 3 is 3.10 bits per heavy atom. The minimum absolute atomic E-state index is 0.428. The van der Waals surface area contributed by atoms with E-state index in [9.17, 15) is 0 Å². The van der Waals surface area contributed by atoms with E-state index in [1.165, 1.54) is 6.08 Å². The lowest BCUT2D eigenvalue weighted by atomic mass is 10.4. The van der Waals surface area contributed by atoms with E-state index in [0.717, 1.165) is 5.69 Å². The van der Waals surface area contributed by atoms with Gasteiger partial charge in [-0.15, -0.1) is 0 Å². The lowest BCUT2D eigenvalue weighted by Gasteiger charge is -1.75. The number of hydrogen-bond acceptors (Lipinski definition) is 3. The summed E-state index contributed by atoms with van der Waals surface area (Å²) in [5, 5.41) is 14.4. The SMILES string of the molecule is N#CC=Cc1cc(N)n[nH]1. The summed E-state index contributed by atoms with van der Waals surface area (Å²) in [6, 6.07) is 3.50. The van der Waals surface area contributed by atoms with Gasteiger partial charge in [-0.25, -0.2) is 0 Å². The zero-order valence-corrected chi connectivity index (χ0v) is 5.20. The second-order valence-electron chi connectivity index (χ2n) is 1.71. The van der Waals surface area contributed by atoms with E-state index in [4.69, 9.17) is 11.0 Å². The second kappa shape index (κ2) is 2.69. The summed E-state index contributed by atoms with van der Waals surface area (Å²) in [6.45, 7) is 0. The van der Waals surface area contributed by atoms with E-state index in [-0.39, 0.29) is 0 Å². The fourth-order valence-electron chi connectivity index (χ4n) is 0.565. The third-order valence-electron chi connectivity index (χ3n) is 0.955. The molecule has 1 aromatic heterocycles. The minimum atomic E-state index is 0.428. The van der Waals surface area contributed by atoms with Crippen LogP contribution in [-0.4, -0.2) is 10.2 Å². The molecule has 1 aromatic rings. The quantitative estimate of drug-likeness (QED) is 0.550. The Hall–Kier alpha value is -1.76. The zero-order valence-electron chi connectivity index (χ0n) is 5.20. The van der Waals surface area contributed by atoms with E-state index >= 15 is 0 Å². The lowest BCUT2D eigenvalue weighted by Crippen LogP contribution is -1.81. The number of aromatic nitrogens is 2. The summed E-state index contributed by atoms with van der Waals surface area (Å²) in [5.41, 5.74) is 6.03. The average molecular weight is 134 g/mol. The number of aromatic amines is 1. The molecule has 0 aliphatic rings. The van der Waals surface area contributed by atoms with Crippen LogP contribution in [0.15, 0.2) is 12.1 Å². The largest absolute Gasteiger partial charge is 0.382 e. The van der Waals surface area contributed by atoms with Crippen LogP contribution in [0.4, 0.5) is 5.82 Å². The maximum absolute atomic E-state index is 8.13. The lowest BCUT2D eigenvalue weighted by molar-refractivity contribution is 1.09. The first kappa shape index (κ1) is 6.36. The Morgan fingerprint density at radius 2 is 2.60 bits per heavy atom. The van der Waals surface area contributed by atoms with Crippen molar-refractivity contribution in [1.82, 2.24) is 10.2 Å². The molecule has 0 aromatic carbocycles. The summed E-state index contributed by atoms with van der Waals surface area (Å²) in [6.07, 6.45) is 2.95. The first-order valence-electron chi connectivity index (χ1n) is 2.70. The predicted molar refractivity (Wildman–Crippen MR) is 37.6 cm³/mol. The summed E-state index contributed by atoms with van der Waals surface area (Å²) < 4.78 is 0. The van der Waals surface area contributed by atoms with E-state index in [1.807, 2.05) is 6.07 Å². The highest BCUT2D eigenvalue weighted by molar-refractivity contribution is 5.50. The number of allylic oxidation sites excluding steroid dienone is 1. The molecule has 4 nitrogen and oxygen atoms in total. The molecule has 0 saturated carbocycles. The summed E-state index contributed by atoms with van der Waals surface area (Å²) in [4.78, 5) is 0. The van der Waals surface area contributed by atoms with Gasteiger partial charge in [0.1, 0.15) is 5.82 Å². The highest BCUT2D eigenvalue weighted by Crippen LogP contribution is 2.01. The normalized spacial score (nSPS) is 9.90. The molecule has 1 rings (SSSR count). The van der Waals surface area contributed by atoms with Crippen molar-refractivity contribution in [1.29, 1.82) is 5.26 Å². The van der Waals surface area contributed by atoms with Crippen LogP contribution in [0.3, 0.4) is 0 Å². The highest BCUT2D eigenvalue weighted by atomic mass is 15.1. The fraction of sp³-hybridized carbons (Fsp3) is 0. The van der Waals surface area contributed by atoms with Gasteiger partial charge in [0.25, 0.3) is 0 Å². The van der Waals surface area contributed by atoms with Gasteiger partial charge in [0.2, 0.25) is 0 Å². The van der Waals surface area contributed by atoms with Crippen molar-refractivity contribution in [2.75, 3.05) is 5.73 Å². The van der Waals surface area contributed by atoms with Crippen molar-refractivity contribution in [3.8, 4) is 6.07 Å². The monoisotopic (exact) mass is 134 g/mol. The van der Waals surface area contributed by atoms with Gasteiger partial charge in [-0.3, -0.25) is 5.10 Å². The van der Waals surface area contributed by atoms with Gasteiger partial charge in [0, 0.05) is 12.1 Å². The summed E-state index contributed by atoms with van der Waals surface area (Å²) in [5.74, 6) is 0.428. The van der Waals surface area contributed by atoms with Crippen LogP contribution >= 0.6 is 0 Å². The van der Waals surface area contributed by atoms with Crippen molar-refractivity contribution < 1.29 is 0 Å². The molecule has 0 aliphatic heterocycles. The van der Waals surface area contributed by atoms with Gasteiger partial charge in [0.15, 0.2) is 0 Å². The minimum Gasteiger partial charge on any atom is -0.382 e. The third-order valence-corrected chi connectivity index (χ3v) is 0.955. The van der Waals surface area contributed by atoms with E-state index < -0.39 is 0 Å². The Balaban J connectivity index is 2.78. The molecular weight excluding hydrogens is 128 g/mol. The molecule has 1 heterocycles. The molecule has 0 unspecified atom stereocenters. The molecule has 3 N–H and O–H groups in total. The summed E-state index contributed by atoms with van der Waals surface area (Å²) >= 11 is 0. The van der Waals surface area contributed by atoms with Crippen molar-refractivity contribution in [2.24, 2.45) is 0 Å². The number of nitrogens with zero attached hydrogens (tertiary/aromatic N) is 2. The van der Waals surface area contributed by atoms with Crippen LogP contribution < -0.4 is 5.73 Å². The first-order valence-corrected chi connectivity index (χ1v) is 2.70. The zero-order chi connectivity index (χ0) is 7.40. The Kier molecular flexibility index (Phi) is 1.71. The number of nitriles is 1. The highest BCUT2D eigenvalue weighted by Gasteiger charge is 1.89. The fourth-order valence-corrected chi connectivity index (χ4v) is 0.565. The molecule has 0 amide bonds. The summed E-state index contributed by atoms with van der Waals surface area (Å²) in [7, 11) is 0. The van der Waals surface area contributed by atoms with Crippen LogP contribution in [0.25, 0.3) is 6.08 Å². The molecule has 0 bridgehead atoms. The first-order chi connectivity index (χ1) is 4.83.